The Hall–Kier alpha value is -0.810. The van der Waals surface area contributed by atoms with Crippen molar-refractivity contribution in [2.45, 2.75) is 12.4 Å². The van der Waals surface area contributed by atoms with Crippen molar-refractivity contribution in [2.75, 3.05) is 13.7 Å². The fraction of sp³-hybridized carbons (Fsp3) is 0.333. The largest absolute Gasteiger partial charge is 0.383 e. The van der Waals surface area contributed by atoms with E-state index in [1.54, 1.807) is 19.2 Å². The van der Waals surface area contributed by atoms with E-state index in [4.69, 9.17) is 39.5 Å². The summed E-state index contributed by atoms with van der Waals surface area (Å²) in [5.74, 6) is 1.68. The molecule has 1 heterocycles. The minimum Gasteiger partial charge on any atom is -0.383 e. The molecule has 0 saturated carbocycles. The van der Waals surface area contributed by atoms with Crippen LogP contribution in [0.1, 0.15) is 5.82 Å². The fourth-order valence-electron chi connectivity index (χ4n) is 1.70. The van der Waals surface area contributed by atoms with Gasteiger partial charge >= 0.3 is 0 Å². The van der Waals surface area contributed by atoms with Crippen molar-refractivity contribution >= 4 is 34.8 Å². The smallest absolute Gasteiger partial charge is 0.164 e. The molecular formula is C12H12Cl3N3O. The third-order valence-corrected chi connectivity index (χ3v) is 3.62. The van der Waals surface area contributed by atoms with E-state index in [9.17, 15) is 0 Å². The number of halogens is 3. The van der Waals surface area contributed by atoms with Crippen LogP contribution in [0.15, 0.2) is 18.2 Å². The Labute approximate surface area is 126 Å². The SMILES string of the molecule is COCCn1c(CCl)nnc1-c1ccc(Cl)c(Cl)c1. The monoisotopic (exact) mass is 319 g/mol. The molecule has 19 heavy (non-hydrogen) atoms. The summed E-state index contributed by atoms with van der Waals surface area (Å²) in [6, 6.07) is 5.34. The zero-order valence-electron chi connectivity index (χ0n) is 10.2. The van der Waals surface area contributed by atoms with E-state index in [1.165, 1.54) is 0 Å². The van der Waals surface area contributed by atoms with Crippen molar-refractivity contribution in [2.24, 2.45) is 0 Å². The van der Waals surface area contributed by atoms with Gasteiger partial charge in [0.25, 0.3) is 0 Å². The molecule has 0 aliphatic heterocycles. The molecule has 0 aliphatic rings. The van der Waals surface area contributed by atoms with Crippen molar-refractivity contribution in [3.8, 4) is 11.4 Å². The molecule has 4 nitrogen and oxygen atoms in total. The summed E-state index contributed by atoms with van der Waals surface area (Å²) < 4.78 is 6.99. The molecule has 2 rings (SSSR count). The van der Waals surface area contributed by atoms with Gasteiger partial charge in [0.2, 0.25) is 0 Å². The minimum atomic E-state index is 0.290. The van der Waals surface area contributed by atoms with Gasteiger partial charge in [0.05, 0.1) is 22.5 Å². The van der Waals surface area contributed by atoms with Crippen LogP contribution in [0.3, 0.4) is 0 Å². The molecule has 0 radical (unpaired) electrons. The second-order valence-electron chi connectivity index (χ2n) is 3.85. The van der Waals surface area contributed by atoms with Crippen LogP contribution in [-0.2, 0) is 17.2 Å². The predicted molar refractivity (Wildman–Crippen MR) is 76.9 cm³/mol. The first-order chi connectivity index (χ1) is 9.17. The number of benzene rings is 1. The Balaban J connectivity index is 2.42. The Kier molecular flexibility index (Phi) is 5.05. The number of methoxy groups -OCH3 is 1. The second-order valence-corrected chi connectivity index (χ2v) is 4.93. The minimum absolute atomic E-state index is 0.290. The number of aromatic nitrogens is 3. The van der Waals surface area contributed by atoms with Crippen molar-refractivity contribution in [3.63, 3.8) is 0 Å². The van der Waals surface area contributed by atoms with Gasteiger partial charge < -0.3 is 9.30 Å². The number of hydrogen-bond acceptors (Lipinski definition) is 3. The van der Waals surface area contributed by atoms with Crippen molar-refractivity contribution in [1.82, 2.24) is 14.8 Å². The third kappa shape index (κ3) is 3.20. The first-order valence-electron chi connectivity index (χ1n) is 5.59. The Morgan fingerprint density at radius 1 is 1.21 bits per heavy atom. The van der Waals surface area contributed by atoms with Crippen LogP contribution in [0, 0.1) is 0 Å². The van der Waals surface area contributed by atoms with Crippen LogP contribution in [0.25, 0.3) is 11.4 Å². The Morgan fingerprint density at radius 3 is 2.63 bits per heavy atom. The van der Waals surface area contributed by atoms with Crippen LogP contribution in [0.5, 0.6) is 0 Å². The number of alkyl halides is 1. The quantitative estimate of drug-likeness (QED) is 0.790. The molecular weight excluding hydrogens is 309 g/mol. The lowest BCUT2D eigenvalue weighted by molar-refractivity contribution is 0.187. The van der Waals surface area contributed by atoms with Crippen molar-refractivity contribution in [3.05, 3.63) is 34.1 Å². The van der Waals surface area contributed by atoms with Gasteiger partial charge in [-0.25, -0.2) is 0 Å². The van der Waals surface area contributed by atoms with E-state index in [2.05, 4.69) is 10.2 Å². The maximum Gasteiger partial charge on any atom is 0.164 e. The van der Waals surface area contributed by atoms with Crippen LogP contribution in [-0.4, -0.2) is 28.5 Å². The summed E-state index contributed by atoms with van der Waals surface area (Å²) in [7, 11) is 1.64. The second kappa shape index (κ2) is 6.57. The molecule has 7 heteroatoms. The zero-order valence-corrected chi connectivity index (χ0v) is 12.5. The van der Waals surface area contributed by atoms with Crippen LogP contribution < -0.4 is 0 Å². The molecule has 0 unspecified atom stereocenters. The molecule has 0 fully saturated rings. The lowest BCUT2D eigenvalue weighted by Gasteiger charge is -2.09. The van der Waals surface area contributed by atoms with E-state index in [-0.39, 0.29) is 5.88 Å². The molecule has 0 spiro atoms. The summed E-state index contributed by atoms with van der Waals surface area (Å²) in [5.41, 5.74) is 0.842. The normalized spacial score (nSPS) is 10.9. The summed E-state index contributed by atoms with van der Waals surface area (Å²) in [5, 5.41) is 9.20. The topological polar surface area (TPSA) is 39.9 Å². The van der Waals surface area contributed by atoms with Gasteiger partial charge in [-0.2, -0.15) is 0 Å². The maximum atomic E-state index is 6.02. The highest BCUT2D eigenvalue weighted by molar-refractivity contribution is 6.42. The van der Waals surface area contributed by atoms with Gasteiger partial charge in [-0.1, -0.05) is 23.2 Å². The number of ether oxygens (including phenoxy) is 1. The van der Waals surface area contributed by atoms with E-state index < -0.39 is 0 Å². The molecule has 102 valence electrons. The van der Waals surface area contributed by atoms with Gasteiger partial charge in [-0.3, -0.25) is 0 Å². The molecule has 0 N–H and O–H groups in total. The van der Waals surface area contributed by atoms with E-state index >= 15 is 0 Å². The molecule has 0 aliphatic carbocycles. The van der Waals surface area contributed by atoms with E-state index in [0.29, 0.717) is 34.8 Å². The maximum absolute atomic E-state index is 6.02. The first kappa shape index (κ1) is 14.6. The Bertz CT molecular complexity index is 571. The lowest BCUT2D eigenvalue weighted by atomic mass is 10.2. The van der Waals surface area contributed by atoms with E-state index in [0.717, 1.165) is 5.56 Å². The van der Waals surface area contributed by atoms with Gasteiger partial charge in [0.1, 0.15) is 5.82 Å². The highest BCUT2D eigenvalue weighted by atomic mass is 35.5. The molecule has 2 aromatic rings. The average Bonchev–Trinajstić information content (AvgIpc) is 2.82. The molecule has 0 saturated heterocycles. The zero-order chi connectivity index (χ0) is 13.8. The highest BCUT2D eigenvalue weighted by Crippen LogP contribution is 2.28. The first-order valence-corrected chi connectivity index (χ1v) is 6.88. The standard InChI is InChI=1S/C12H12Cl3N3O/c1-19-5-4-18-11(7-13)16-17-12(18)8-2-3-9(14)10(15)6-8/h2-3,6H,4-5,7H2,1H3. The molecule has 0 atom stereocenters. The Morgan fingerprint density at radius 2 is 2.00 bits per heavy atom. The fourth-order valence-corrected chi connectivity index (χ4v) is 2.20. The van der Waals surface area contributed by atoms with Gasteiger partial charge in [-0.05, 0) is 18.2 Å². The van der Waals surface area contributed by atoms with E-state index in [1.807, 2.05) is 10.6 Å². The summed E-state index contributed by atoms with van der Waals surface area (Å²) in [4.78, 5) is 0. The van der Waals surface area contributed by atoms with Gasteiger partial charge in [-0.15, -0.1) is 21.8 Å². The number of hydrogen-bond donors (Lipinski definition) is 0. The summed E-state index contributed by atoms with van der Waals surface area (Å²) >= 11 is 17.8. The van der Waals surface area contributed by atoms with Crippen LogP contribution in [0.4, 0.5) is 0 Å². The van der Waals surface area contributed by atoms with Gasteiger partial charge in [0, 0.05) is 19.2 Å². The molecule has 1 aromatic heterocycles. The molecule has 0 bridgehead atoms. The lowest BCUT2D eigenvalue weighted by Crippen LogP contribution is -2.09. The average molecular weight is 321 g/mol. The highest BCUT2D eigenvalue weighted by Gasteiger charge is 2.13. The number of nitrogens with zero attached hydrogens (tertiary/aromatic N) is 3. The molecule has 1 aromatic carbocycles. The molecule has 0 amide bonds. The summed E-state index contributed by atoms with van der Waals surface area (Å²) in [6.45, 7) is 1.18. The van der Waals surface area contributed by atoms with Crippen molar-refractivity contribution in [1.29, 1.82) is 0 Å². The third-order valence-electron chi connectivity index (χ3n) is 2.64. The van der Waals surface area contributed by atoms with Gasteiger partial charge in [0.15, 0.2) is 5.82 Å². The summed E-state index contributed by atoms with van der Waals surface area (Å²) in [6.07, 6.45) is 0. The predicted octanol–water partition coefficient (Wildman–Crippen LogP) is 3.64. The van der Waals surface area contributed by atoms with Crippen LogP contribution >= 0.6 is 34.8 Å². The van der Waals surface area contributed by atoms with Crippen molar-refractivity contribution < 1.29 is 4.74 Å². The van der Waals surface area contributed by atoms with Crippen LogP contribution in [0.2, 0.25) is 10.0 Å². The number of rotatable bonds is 5.